The number of rotatable bonds is 6. The number of carbonyl (C=O) groups is 1. The molecule has 1 amide bonds. The van der Waals surface area contributed by atoms with Gasteiger partial charge in [0.1, 0.15) is 5.82 Å². The molecule has 130 valence electrons. The van der Waals surface area contributed by atoms with Crippen LogP contribution in [-0.2, 0) is 0 Å². The Morgan fingerprint density at radius 3 is 2.42 bits per heavy atom. The lowest BCUT2D eigenvalue weighted by Gasteiger charge is -2.16. The first-order chi connectivity index (χ1) is 11.3. The molecule has 0 fully saturated rings. The third kappa shape index (κ3) is 4.00. The zero-order chi connectivity index (χ0) is 17.9. The minimum absolute atomic E-state index is 0.0494. The van der Waals surface area contributed by atoms with Gasteiger partial charge in [0, 0.05) is 6.54 Å². The maximum Gasteiger partial charge on any atom is 0.254 e. The summed E-state index contributed by atoms with van der Waals surface area (Å²) in [7, 11) is 0. The second-order valence-corrected chi connectivity index (χ2v) is 6.51. The van der Waals surface area contributed by atoms with E-state index in [4.69, 9.17) is 0 Å². The van der Waals surface area contributed by atoms with Crippen LogP contribution in [0, 0.1) is 11.7 Å². The molecule has 2 N–H and O–H groups in total. The van der Waals surface area contributed by atoms with Gasteiger partial charge in [-0.25, -0.2) is 9.07 Å². The molecule has 2 rings (SSSR count). The van der Waals surface area contributed by atoms with Gasteiger partial charge < -0.3 is 10.4 Å². The molecular weight excluding hydrogens is 309 g/mol. The van der Waals surface area contributed by atoms with Crippen molar-refractivity contribution < 1.29 is 14.3 Å². The Labute approximate surface area is 141 Å². The molecule has 24 heavy (non-hydrogen) atoms. The molecule has 0 saturated heterocycles. The highest BCUT2D eigenvalue weighted by Gasteiger charge is 2.21. The Hall–Kier alpha value is -2.21. The number of benzene rings is 1. The van der Waals surface area contributed by atoms with E-state index in [1.807, 2.05) is 27.7 Å². The van der Waals surface area contributed by atoms with Gasteiger partial charge in [0.15, 0.2) is 0 Å². The highest BCUT2D eigenvalue weighted by Crippen LogP contribution is 2.23. The lowest BCUT2D eigenvalue weighted by molar-refractivity contribution is 0.0870. The normalized spacial score (nSPS) is 12.7. The number of aliphatic hydroxyl groups is 1. The second-order valence-electron chi connectivity index (χ2n) is 6.51. The lowest BCUT2D eigenvalue weighted by Crippen LogP contribution is -2.35. The minimum Gasteiger partial charge on any atom is -0.391 e. The van der Waals surface area contributed by atoms with Crippen molar-refractivity contribution in [3.05, 3.63) is 47.5 Å². The molecule has 6 heteroatoms. The van der Waals surface area contributed by atoms with E-state index in [2.05, 4.69) is 10.4 Å². The highest BCUT2D eigenvalue weighted by atomic mass is 19.1. The largest absolute Gasteiger partial charge is 0.391 e. The van der Waals surface area contributed by atoms with Gasteiger partial charge in [-0.3, -0.25) is 4.79 Å². The molecule has 0 spiro atoms. The predicted molar refractivity (Wildman–Crippen MR) is 90.8 cm³/mol. The van der Waals surface area contributed by atoms with E-state index >= 15 is 0 Å². The van der Waals surface area contributed by atoms with Crippen molar-refractivity contribution in [3.8, 4) is 5.69 Å². The van der Waals surface area contributed by atoms with Crippen LogP contribution >= 0.6 is 0 Å². The van der Waals surface area contributed by atoms with E-state index in [9.17, 15) is 14.3 Å². The summed E-state index contributed by atoms with van der Waals surface area (Å²) in [5.74, 6) is -0.477. The van der Waals surface area contributed by atoms with Gasteiger partial charge in [0.2, 0.25) is 0 Å². The summed E-state index contributed by atoms with van der Waals surface area (Å²) in [5, 5.41) is 16.9. The van der Waals surface area contributed by atoms with Crippen molar-refractivity contribution in [1.82, 2.24) is 15.1 Å². The van der Waals surface area contributed by atoms with Crippen LogP contribution in [0.25, 0.3) is 5.69 Å². The molecule has 0 aliphatic rings. The standard InChI is InChI=1S/C18H24FN3O2/c1-11(2)16(23)10-20-18(24)15-9-21-22(17(15)12(3)4)14-7-5-13(19)6-8-14/h5-9,11-12,16,23H,10H2,1-4H3,(H,20,24). The van der Waals surface area contributed by atoms with Crippen LogP contribution in [0.15, 0.2) is 30.5 Å². The first-order valence-electron chi connectivity index (χ1n) is 8.11. The highest BCUT2D eigenvalue weighted by molar-refractivity contribution is 5.95. The van der Waals surface area contributed by atoms with Gasteiger partial charge in [-0.05, 0) is 36.1 Å². The van der Waals surface area contributed by atoms with E-state index in [0.29, 0.717) is 11.3 Å². The van der Waals surface area contributed by atoms with E-state index < -0.39 is 6.10 Å². The van der Waals surface area contributed by atoms with Crippen molar-refractivity contribution in [2.24, 2.45) is 5.92 Å². The summed E-state index contributed by atoms with van der Waals surface area (Å²) >= 11 is 0. The number of aromatic nitrogens is 2. The zero-order valence-corrected chi connectivity index (χ0v) is 14.5. The molecule has 5 nitrogen and oxygen atoms in total. The van der Waals surface area contributed by atoms with Crippen LogP contribution in [0.3, 0.4) is 0 Å². The first kappa shape index (κ1) is 18.1. The number of halogens is 1. The zero-order valence-electron chi connectivity index (χ0n) is 14.5. The van der Waals surface area contributed by atoms with Gasteiger partial charge in [0.05, 0.1) is 29.2 Å². The number of aliphatic hydroxyl groups excluding tert-OH is 1. The van der Waals surface area contributed by atoms with Gasteiger partial charge in [-0.1, -0.05) is 27.7 Å². The van der Waals surface area contributed by atoms with Crippen LogP contribution in [0.4, 0.5) is 4.39 Å². The molecule has 0 saturated carbocycles. The lowest BCUT2D eigenvalue weighted by atomic mass is 10.0. The third-order valence-electron chi connectivity index (χ3n) is 3.91. The quantitative estimate of drug-likeness (QED) is 0.854. The second kappa shape index (κ2) is 7.57. The van der Waals surface area contributed by atoms with Crippen LogP contribution < -0.4 is 5.32 Å². The van der Waals surface area contributed by atoms with Gasteiger partial charge in [0.25, 0.3) is 5.91 Å². The smallest absolute Gasteiger partial charge is 0.254 e. The van der Waals surface area contributed by atoms with E-state index in [0.717, 1.165) is 5.69 Å². The Morgan fingerprint density at radius 1 is 1.25 bits per heavy atom. The number of hydrogen-bond acceptors (Lipinski definition) is 3. The van der Waals surface area contributed by atoms with Crippen molar-refractivity contribution in [1.29, 1.82) is 0 Å². The van der Waals surface area contributed by atoms with Crippen LogP contribution in [0.5, 0.6) is 0 Å². The van der Waals surface area contributed by atoms with Crippen LogP contribution in [0.1, 0.15) is 49.7 Å². The Morgan fingerprint density at radius 2 is 1.88 bits per heavy atom. The third-order valence-corrected chi connectivity index (χ3v) is 3.91. The molecule has 0 aliphatic heterocycles. The molecular formula is C18H24FN3O2. The summed E-state index contributed by atoms with van der Waals surface area (Å²) in [6, 6.07) is 5.97. The topological polar surface area (TPSA) is 67.2 Å². The molecule has 2 aromatic rings. The summed E-state index contributed by atoms with van der Waals surface area (Å²) < 4.78 is 14.8. The van der Waals surface area contributed by atoms with Gasteiger partial charge in [-0.15, -0.1) is 0 Å². The number of amides is 1. The van der Waals surface area contributed by atoms with E-state index in [1.54, 1.807) is 16.8 Å². The first-order valence-corrected chi connectivity index (χ1v) is 8.11. The number of carbonyl (C=O) groups excluding carboxylic acids is 1. The number of hydrogen-bond donors (Lipinski definition) is 2. The molecule has 0 aliphatic carbocycles. The molecule has 0 radical (unpaired) electrons. The fourth-order valence-electron chi connectivity index (χ4n) is 2.40. The molecule has 0 bridgehead atoms. The SMILES string of the molecule is CC(C)c1c(C(=O)NCC(O)C(C)C)cnn1-c1ccc(F)cc1. The van der Waals surface area contributed by atoms with Gasteiger partial charge in [-0.2, -0.15) is 5.10 Å². The molecule has 1 unspecified atom stereocenters. The fraction of sp³-hybridized carbons (Fsp3) is 0.444. The van der Waals surface area contributed by atoms with E-state index in [1.165, 1.54) is 18.3 Å². The number of nitrogens with zero attached hydrogens (tertiary/aromatic N) is 2. The van der Waals surface area contributed by atoms with Crippen molar-refractivity contribution >= 4 is 5.91 Å². The molecule has 1 aromatic heterocycles. The van der Waals surface area contributed by atoms with Gasteiger partial charge >= 0.3 is 0 Å². The average Bonchev–Trinajstić information content (AvgIpc) is 2.98. The molecule has 1 atom stereocenters. The van der Waals surface area contributed by atoms with Crippen molar-refractivity contribution in [2.75, 3.05) is 6.54 Å². The Bertz CT molecular complexity index is 693. The maximum atomic E-state index is 13.1. The summed E-state index contributed by atoms with van der Waals surface area (Å²) in [5.41, 5.74) is 1.91. The molecule has 1 aromatic carbocycles. The minimum atomic E-state index is -0.594. The number of nitrogens with one attached hydrogen (secondary N) is 1. The van der Waals surface area contributed by atoms with Crippen LogP contribution in [0.2, 0.25) is 0 Å². The summed E-state index contributed by atoms with van der Waals surface area (Å²) in [4.78, 5) is 12.5. The maximum absolute atomic E-state index is 13.1. The molecule has 1 heterocycles. The Balaban J connectivity index is 2.28. The monoisotopic (exact) mass is 333 g/mol. The summed E-state index contributed by atoms with van der Waals surface area (Å²) in [6.07, 6.45) is 0.916. The average molecular weight is 333 g/mol. The van der Waals surface area contributed by atoms with E-state index in [-0.39, 0.29) is 30.1 Å². The summed E-state index contributed by atoms with van der Waals surface area (Å²) in [6.45, 7) is 7.91. The Kier molecular flexibility index (Phi) is 5.72. The van der Waals surface area contributed by atoms with Crippen molar-refractivity contribution in [2.45, 2.75) is 39.7 Å². The van der Waals surface area contributed by atoms with Crippen molar-refractivity contribution in [3.63, 3.8) is 0 Å². The predicted octanol–water partition coefficient (Wildman–Crippen LogP) is 2.88. The van der Waals surface area contributed by atoms with Crippen LogP contribution in [-0.4, -0.2) is 33.4 Å². The fourth-order valence-corrected chi connectivity index (χ4v) is 2.40.